The summed E-state index contributed by atoms with van der Waals surface area (Å²) in [5.74, 6) is 0.401. The molecule has 2 unspecified atom stereocenters. The molecule has 3 fully saturated rings. The first-order valence-electron chi connectivity index (χ1n) is 9.88. The van der Waals surface area contributed by atoms with Crippen LogP contribution in [0.2, 0.25) is 0 Å². The van der Waals surface area contributed by atoms with Gasteiger partial charge in [0.05, 0.1) is 0 Å². The number of ketones is 1. The van der Waals surface area contributed by atoms with Crippen molar-refractivity contribution in [3.63, 3.8) is 0 Å². The Labute approximate surface area is 155 Å². The smallest absolute Gasteiger partial charge is 0.322 e. The molecule has 3 nitrogen and oxygen atoms in total. The van der Waals surface area contributed by atoms with Crippen molar-refractivity contribution in [2.45, 2.75) is 70.6 Å². The van der Waals surface area contributed by atoms with Crippen molar-refractivity contribution in [2.24, 2.45) is 34.5 Å². The standard InChI is InChI=1S/C21H29ClO3/c1-20-8-3-4-15(20)13-6-5-12-10-17(23)14(18(22)19(24)25)11-21(12,2)16(13)7-9-20/h10,13-16,18H,3-9,11H2,1-2H3,(H,24,25)/t13-,14?,15-,16+,18?,20-,21-/m0/s1. The average molecular weight is 365 g/mol. The summed E-state index contributed by atoms with van der Waals surface area (Å²) in [4.78, 5) is 23.9. The van der Waals surface area contributed by atoms with Crippen LogP contribution in [0.1, 0.15) is 65.2 Å². The second-order valence-electron chi connectivity index (χ2n) is 9.54. The Kier molecular flexibility index (Phi) is 4.10. The molecule has 7 atom stereocenters. The van der Waals surface area contributed by atoms with Crippen LogP contribution in [0.15, 0.2) is 11.6 Å². The predicted molar refractivity (Wildman–Crippen MR) is 97.5 cm³/mol. The lowest BCUT2D eigenvalue weighted by atomic mass is 9.47. The molecule has 0 radical (unpaired) electrons. The Morgan fingerprint density at radius 1 is 1.24 bits per heavy atom. The van der Waals surface area contributed by atoms with Crippen LogP contribution >= 0.6 is 11.6 Å². The molecule has 0 aromatic heterocycles. The number of carbonyl (C=O) groups is 2. The highest BCUT2D eigenvalue weighted by Crippen LogP contribution is 2.65. The molecule has 0 aromatic carbocycles. The molecule has 0 bridgehead atoms. The van der Waals surface area contributed by atoms with E-state index in [1.165, 1.54) is 44.1 Å². The Morgan fingerprint density at radius 3 is 2.72 bits per heavy atom. The third-order valence-electron chi connectivity index (χ3n) is 8.43. The fraction of sp³-hybridized carbons (Fsp3) is 0.810. The summed E-state index contributed by atoms with van der Waals surface area (Å²) in [7, 11) is 0. The van der Waals surface area contributed by atoms with Gasteiger partial charge in [0.15, 0.2) is 5.78 Å². The minimum atomic E-state index is -1.11. The van der Waals surface area contributed by atoms with Gasteiger partial charge in [-0.1, -0.05) is 25.8 Å². The second kappa shape index (κ2) is 5.84. The Bertz CT molecular complexity index is 641. The monoisotopic (exact) mass is 364 g/mol. The molecule has 138 valence electrons. The van der Waals surface area contributed by atoms with Crippen molar-refractivity contribution in [3.05, 3.63) is 11.6 Å². The van der Waals surface area contributed by atoms with Crippen molar-refractivity contribution < 1.29 is 14.7 Å². The van der Waals surface area contributed by atoms with Crippen molar-refractivity contribution >= 4 is 23.4 Å². The van der Waals surface area contributed by atoms with E-state index in [2.05, 4.69) is 13.8 Å². The van der Waals surface area contributed by atoms with Crippen molar-refractivity contribution in [3.8, 4) is 0 Å². The maximum Gasteiger partial charge on any atom is 0.322 e. The number of carbonyl (C=O) groups excluding carboxylic acids is 1. The highest BCUT2D eigenvalue weighted by molar-refractivity contribution is 6.31. The summed E-state index contributed by atoms with van der Waals surface area (Å²) in [6.45, 7) is 4.78. The number of halogens is 1. The van der Waals surface area contributed by atoms with Gasteiger partial charge >= 0.3 is 5.97 Å². The number of aliphatic carboxylic acids is 1. The molecule has 0 aliphatic heterocycles. The summed E-state index contributed by atoms with van der Waals surface area (Å²) >= 11 is 6.12. The van der Waals surface area contributed by atoms with Crippen LogP contribution in [0.4, 0.5) is 0 Å². The van der Waals surface area contributed by atoms with Gasteiger partial charge in [0.25, 0.3) is 0 Å². The molecule has 0 saturated heterocycles. The molecule has 0 heterocycles. The topological polar surface area (TPSA) is 54.4 Å². The van der Waals surface area contributed by atoms with Gasteiger partial charge < -0.3 is 5.11 Å². The van der Waals surface area contributed by atoms with Gasteiger partial charge in [0.1, 0.15) is 5.38 Å². The number of carboxylic acids is 1. The zero-order valence-electron chi connectivity index (χ0n) is 15.3. The van der Waals surface area contributed by atoms with E-state index in [1.54, 1.807) is 6.08 Å². The summed E-state index contributed by atoms with van der Waals surface area (Å²) in [6, 6.07) is 0. The van der Waals surface area contributed by atoms with Crippen LogP contribution in [0.3, 0.4) is 0 Å². The van der Waals surface area contributed by atoms with Gasteiger partial charge in [-0.05, 0) is 79.6 Å². The molecule has 4 rings (SSSR count). The molecule has 0 amide bonds. The molecule has 0 spiro atoms. The molecule has 4 heteroatoms. The Hall–Kier alpha value is -0.830. The largest absolute Gasteiger partial charge is 0.480 e. The van der Waals surface area contributed by atoms with Crippen LogP contribution in [0.25, 0.3) is 0 Å². The molecule has 25 heavy (non-hydrogen) atoms. The molecule has 1 N–H and O–H groups in total. The number of alkyl halides is 1. The van der Waals surface area contributed by atoms with Crippen LogP contribution in [0, 0.1) is 34.5 Å². The fourth-order valence-corrected chi connectivity index (χ4v) is 7.31. The SMILES string of the molecule is C[C@@]12CCC[C@H]1[C@@H]1CCC3=CC(=O)C(C(Cl)C(=O)O)C[C@]3(C)[C@@H]1CC2. The normalized spacial score (nSPS) is 47.3. The lowest BCUT2D eigenvalue weighted by Gasteiger charge is -2.58. The highest BCUT2D eigenvalue weighted by atomic mass is 35.5. The Morgan fingerprint density at radius 2 is 2.00 bits per heavy atom. The van der Waals surface area contributed by atoms with E-state index in [0.717, 1.165) is 18.3 Å². The van der Waals surface area contributed by atoms with Crippen molar-refractivity contribution in [2.75, 3.05) is 0 Å². The van der Waals surface area contributed by atoms with Crippen LogP contribution < -0.4 is 0 Å². The molecular weight excluding hydrogens is 336 g/mol. The lowest BCUT2D eigenvalue weighted by molar-refractivity contribution is -0.140. The first kappa shape index (κ1) is 17.6. The van der Waals surface area contributed by atoms with Crippen LogP contribution in [-0.4, -0.2) is 22.2 Å². The summed E-state index contributed by atoms with van der Waals surface area (Å²) in [5, 5.41) is 8.21. The summed E-state index contributed by atoms with van der Waals surface area (Å²) in [6.07, 6.45) is 11.2. The number of rotatable bonds is 2. The maximum atomic E-state index is 12.5. The molecule has 3 saturated carbocycles. The van der Waals surface area contributed by atoms with E-state index in [9.17, 15) is 14.7 Å². The Balaban J connectivity index is 1.67. The van der Waals surface area contributed by atoms with E-state index in [-0.39, 0.29) is 11.2 Å². The van der Waals surface area contributed by atoms with Crippen molar-refractivity contribution in [1.82, 2.24) is 0 Å². The number of hydrogen-bond acceptors (Lipinski definition) is 2. The first-order chi connectivity index (χ1) is 11.8. The van der Waals surface area contributed by atoms with E-state index >= 15 is 0 Å². The van der Waals surface area contributed by atoms with E-state index in [1.807, 2.05) is 0 Å². The van der Waals surface area contributed by atoms with Gasteiger partial charge in [-0.15, -0.1) is 11.6 Å². The quantitative estimate of drug-likeness (QED) is 0.714. The zero-order valence-corrected chi connectivity index (χ0v) is 16.0. The average Bonchev–Trinajstić information content (AvgIpc) is 2.96. The van der Waals surface area contributed by atoms with Gasteiger partial charge in [-0.25, -0.2) is 0 Å². The van der Waals surface area contributed by atoms with Gasteiger partial charge in [0.2, 0.25) is 0 Å². The molecule has 4 aliphatic carbocycles. The minimum absolute atomic E-state index is 0.0476. The number of hydrogen-bond donors (Lipinski definition) is 1. The zero-order chi connectivity index (χ0) is 18.0. The number of fused-ring (bicyclic) bond motifs is 5. The maximum absolute atomic E-state index is 12.5. The van der Waals surface area contributed by atoms with Gasteiger partial charge in [-0.3, -0.25) is 9.59 Å². The summed E-state index contributed by atoms with van der Waals surface area (Å²) in [5.41, 5.74) is 1.73. The van der Waals surface area contributed by atoms with E-state index < -0.39 is 17.3 Å². The first-order valence-corrected chi connectivity index (χ1v) is 10.3. The lowest BCUT2D eigenvalue weighted by Crippen LogP contribution is -2.51. The van der Waals surface area contributed by atoms with Crippen molar-refractivity contribution in [1.29, 1.82) is 0 Å². The molecule has 4 aliphatic rings. The highest BCUT2D eigenvalue weighted by Gasteiger charge is 2.57. The van der Waals surface area contributed by atoms with Gasteiger partial charge in [-0.2, -0.15) is 0 Å². The van der Waals surface area contributed by atoms with E-state index in [4.69, 9.17) is 11.6 Å². The van der Waals surface area contributed by atoms with Crippen LogP contribution in [-0.2, 0) is 9.59 Å². The van der Waals surface area contributed by atoms with E-state index in [0.29, 0.717) is 17.8 Å². The number of carboxylic acid groups (broad SMARTS) is 1. The third kappa shape index (κ3) is 2.52. The second-order valence-corrected chi connectivity index (χ2v) is 10.0. The number of allylic oxidation sites excluding steroid dienone is 1. The third-order valence-corrected chi connectivity index (χ3v) is 8.92. The van der Waals surface area contributed by atoms with Gasteiger partial charge in [0, 0.05) is 5.92 Å². The van der Waals surface area contributed by atoms with Crippen LogP contribution in [0.5, 0.6) is 0 Å². The molecule has 0 aromatic rings. The predicted octanol–water partition coefficient (Wildman–Crippen LogP) is 4.83. The molecular formula is C21H29ClO3. The minimum Gasteiger partial charge on any atom is -0.480 e. The fourth-order valence-electron chi connectivity index (χ4n) is 7.10. The summed E-state index contributed by atoms with van der Waals surface area (Å²) < 4.78 is 0.